The lowest BCUT2D eigenvalue weighted by Crippen LogP contribution is -1.93. The number of benzene rings is 2. The van der Waals surface area contributed by atoms with E-state index in [2.05, 4.69) is 41.9 Å². The molecule has 0 atom stereocenters. The quantitative estimate of drug-likeness (QED) is 0.537. The van der Waals surface area contributed by atoms with Gasteiger partial charge in [0.05, 0.1) is 0 Å². The van der Waals surface area contributed by atoms with E-state index in [0.717, 1.165) is 10.0 Å². The van der Waals surface area contributed by atoms with Crippen LogP contribution in [0, 0.1) is 0 Å². The van der Waals surface area contributed by atoms with Gasteiger partial charge in [0.2, 0.25) is 0 Å². The predicted octanol–water partition coefficient (Wildman–Crippen LogP) is 5.47. The number of allylic oxidation sites excluding steroid dienone is 1. The van der Waals surface area contributed by atoms with Crippen molar-refractivity contribution in [3.05, 3.63) is 75.8 Å². The van der Waals surface area contributed by atoms with Gasteiger partial charge in [-0.2, -0.15) is 0 Å². The minimum Gasteiger partial charge on any atom is -0.289 e. The fraction of sp³-hybridized carbons (Fsp3) is 0.167. The molecule has 0 aromatic heterocycles. The third-order valence-corrected chi connectivity index (χ3v) is 3.69. The molecule has 2 heteroatoms. The molecule has 102 valence electrons. The third-order valence-electron chi connectivity index (χ3n) is 3.16. The van der Waals surface area contributed by atoms with Crippen LogP contribution >= 0.6 is 15.9 Å². The van der Waals surface area contributed by atoms with E-state index >= 15 is 0 Å². The molecule has 0 N–H and O–H groups in total. The van der Waals surface area contributed by atoms with E-state index in [4.69, 9.17) is 0 Å². The Hall–Kier alpha value is -1.67. The van der Waals surface area contributed by atoms with Crippen molar-refractivity contribution in [2.75, 3.05) is 0 Å². The summed E-state index contributed by atoms with van der Waals surface area (Å²) in [6, 6.07) is 15.7. The standard InChI is InChI=1S/C18H17BrO/c1-13(2)15-6-3-14(4-7-15)5-12-18(20)16-8-10-17(19)11-9-16/h3-13H,1-2H3. The second-order valence-electron chi connectivity index (χ2n) is 5.03. The summed E-state index contributed by atoms with van der Waals surface area (Å²) in [5.41, 5.74) is 3.05. The van der Waals surface area contributed by atoms with Crippen molar-refractivity contribution >= 4 is 27.8 Å². The largest absolute Gasteiger partial charge is 0.289 e. The second-order valence-corrected chi connectivity index (χ2v) is 5.94. The maximum absolute atomic E-state index is 12.0. The molecular weight excluding hydrogens is 312 g/mol. The summed E-state index contributed by atoms with van der Waals surface area (Å²) in [5.74, 6) is 0.544. The average molecular weight is 329 g/mol. The first-order valence-corrected chi connectivity index (χ1v) is 7.43. The first-order valence-electron chi connectivity index (χ1n) is 6.64. The maximum Gasteiger partial charge on any atom is 0.185 e. The highest BCUT2D eigenvalue weighted by Crippen LogP contribution is 2.16. The maximum atomic E-state index is 12.0. The first kappa shape index (κ1) is 14.7. The van der Waals surface area contributed by atoms with E-state index in [0.29, 0.717) is 11.5 Å². The van der Waals surface area contributed by atoms with Crippen LogP contribution in [0.3, 0.4) is 0 Å². The molecule has 0 saturated carbocycles. The average Bonchev–Trinajstić information content (AvgIpc) is 2.46. The van der Waals surface area contributed by atoms with Crippen LogP contribution in [0.1, 0.15) is 41.3 Å². The lowest BCUT2D eigenvalue weighted by molar-refractivity contribution is 0.104. The normalized spacial score (nSPS) is 11.2. The zero-order valence-electron chi connectivity index (χ0n) is 11.6. The van der Waals surface area contributed by atoms with Gasteiger partial charge in [0.15, 0.2) is 5.78 Å². The van der Waals surface area contributed by atoms with E-state index in [9.17, 15) is 4.79 Å². The molecule has 0 fully saturated rings. The van der Waals surface area contributed by atoms with Crippen LogP contribution in [0.25, 0.3) is 6.08 Å². The van der Waals surface area contributed by atoms with Gasteiger partial charge >= 0.3 is 0 Å². The number of carbonyl (C=O) groups excluding carboxylic acids is 1. The Kier molecular flexibility index (Phi) is 4.91. The lowest BCUT2D eigenvalue weighted by atomic mass is 10.0. The van der Waals surface area contributed by atoms with Crippen molar-refractivity contribution in [1.82, 2.24) is 0 Å². The molecule has 0 saturated heterocycles. The topological polar surface area (TPSA) is 17.1 Å². The fourth-order valence-electron chi connectivity index (χ4n) is 1.87. The van der Waals surface area contributed by atoms with Gasteiger partial charge < -0.3 is 0 Å². The van der Waals surface area contributed by atoms with Gasteiger partial charge in [0.25, 0.3) is 0 Å². The monoisotopic (exact) mass is 328 g/mol. The number of carbonyl (C=O) groups is 1. The minimum atomic E-state index is 0.0189. The molecule has 0 aliphatic rings. The van der Waals surface area contributed by atoms with Gasteiger partial charge in [-0.25, -0.2) is 0 Å². The van der Waals surface area contributed by atoms with Crippen molar-refractivity contribution < 1.29 is 4.79 Å². The smallest absolute Gasteiger partial charge is 0.185 e. The van der Waals surface area contributed by atoms with E-state index < -0.39 is 0 Å². The molecule has 2 aromatic rings. The van der Waals surface area contributed by atoms with Crippen molar-refractivity contribution in [1.29, 1.82) is 0 Å². The van der Waals surface area contributed by atoms with Gasteiger partial charge in [0, 0.05) is 10.0 Å². The van der Waals surface area contributed by atoms with Crippen LogP contribution in [0.5, 0.6) is 0 Å². The number of ketones is 1. The van der Waals surface area contributed by atoms with Crippen LogP contribution in [0.4, 0.5) is 0 Å². The van der Waals surface area contributed by atoms with Crippen LogP contribution in [-0.2, 0) is 0 Å². The van der Waals surface area contributed by atoms with Crippen molar-refractivity contribution in [3.63, 3.8) is 0 Å². The van der Waals surface area contributed by atoms with Crippen molar-refractivity contribution in [3.8, 4) is 0 Å². The Balaban J connectivity index is 2.08. The summed E-state index contributed by atoms with van der Waals surface area (Å²) >= 11 is 3.36. The van der Waals surface area contributed by atoms with E-state index in [1.165, 1.54) is 5.56 Å². The molecule has 0 aliphatic carbocycles. The van der Waals surface area contributed by atoms with Crippen LogP contribution in [0.2, 0.25) is 0 Å². The number of hydrogen-bond donors (Lipinski definition) is 0. The first-order chi connectivity index (χ1) is 9.56. The zero-order valence-corrected chi connectivity index (χ0v) is 13.2. The molecule has 0 amide bonds. The summed E-state index contributed by atoms with van der Waals surface area (Å²) in [6.07, 6.45) is 3.47. The van der Waals surface area contributed by atoms with E-state index in [-0.39, 0.29) is 5.78 Å². The highest BCUT2D eigenvalue weighted by atomic mass is 79.9. The summed E-state index contributed by atoms with van der Waals surface area (Å²) in [4.78, 5) is 12.0. The zero-order chi connectivity index (χ0) is 14.5. The Bertz CT molecular complexity index is 607. The van der Waals surface area contributed by atoms with Gasteiger partial charge in [-0.1, -0.05) is 60.1 Å². The summed E-state index contributed by atoms with van der Waals surface area (Å²) < 4.78 is 0.974. The molecule has 0 unspecified atom stereocenters. The summed E-state index contributed by atoms with van der Waals surface area (Å²) in [7, 11) is 0. The Morgan fingerprint density at radius 2 is 1.60 bits per heavy atom. The molecule has 20 heavy (non-hydrogen) atoms. The van der Waals surface area contributed by atoms with Crippen LogP contribution in [-0.4, -0.2) is 5.78 Å². The highest BCUT2D eigenvalue weighted by molar-refractivity contribution is 9.10. The Labute approximate surface area is 128 Å². The summed E-state index contributed by atoms with van der Waals surface area (Å²) in [6.45, 7) is 4.34. The van der Waals surface area contributed by atoms with Crippen molar-refractivity contribution in [2.24, 2.45) is 0 Å². The van der Waals surface area contributed by atoms with Gasteiger partial charge in [-0.3, -0.25) is 4.79 Å². The van der Waals surface area contributed by atoms with E-state index in [1.807, 2.05) is 42.5 Å². The molecule has 2 rings (SSSR count). The molecule has 0 heterocycles. The SMILES string of the molecule is CC(C)c1ccc(C=CC(=O)c2ccc(Br)cc2)cc1. The molecule has 0 bridgehead atoms. The number of hydrogen-bond acceptors (Lipinski definition) is 1. The number of rotatable bonds is 4. The van der Waals surface area contributed by atoms with Gasteiger partial charge in [-0.15, -0.1) is 0 Å². The van der Waals surface area contributed by atoms with Crippen LogP contribution < -0.4 is 0 Å². The summed E-state index contributed by atoms with van der Waals surface area (Å²) in [5, 5.41) is 0. The fourth-order valence-corrected chi connectivity index (χ4v) is 2.14. The van der Waals surface area contributed by atoms with E-state index in [1.54, 1.807) is 6.08 Å². The highest BCUT2D eigenvalue weighted by Gasteiger charge is 2.01. The predicted molar refractivity (Wildman–Crippen MR) is 88.0 cm³/mol. The third kappa shape index (κ3) is 3.91. The van der Waals surface area contributed by atoms with Crippen molar-refractivity contribution in [2.45, 2.75) is 19.8 Å². The van der Waals surface area contributed by atoms with Gasteiger partial charge in [0.1, 0.15) is 0 Å². The van der Waals surface area contributed by atoms with Gasteiger partial charge in [-0.05, 0) is 47.4 Å². The Morgan fingerprint density at radius 3 is 2.15 bits per heavy atom. The molecule has 1 nitrogen and oxygen atoms in total. The minimum absolute atomic E-state index is 0.0189. The lowest BCUT2D eigenvalue weighted by Gasteiger charge is -2.04. The molecule has 0 radical (unpaired) electrons. The molecule has 0 spiro atoms. The molecule has 0 aliphatic heterocycles. The number of halogens is 1. The van der Waals surface area contributed by atoms with Crippen LogP contribution in [0.15, 0.2) is 59.1 Å². The Morgan fingerprint density at radius 1 is 1.00 bits per heavy atom. The molecular formula is C18H17BrO. The second kappa shape index (κ2) is 6.67. The molecule has 2 aromatic carbocycles.